The SMILES string of the molecule is CC[C@H](C)CON(C)[C@H](C[C@@H](OC(C)=O)c1nc(C=O)cs1)C(C)C. The molecule has 7 heteroatoms. The highest BCUT2D eigenvalue weighted by atomic mass is 32.1. The van der Waals surface area contributed by atoms with Gasteiger partial charge in [-0.25, -0.2) is 4.98 Å². The van der Waals surface area contributed by atoms with Gasteiger partial charge in [0.1, 0.15) is 10.7 Å². The van der Waals surface area contributed by atoms with Crippen molar-refractivity contribution in [3.05, 3.63) is 16.1 Å². The molecule has 1 rings (SSSR count). The zero-order valence-electron chi connectivity index (χ0n) is 16.0. The summed E-state index contributed by atoms with van der Waals surface area (Å²) >= 11 is 1.33. The van der Waals surface area contributed by atoms with E-state index in [0.717, 1.165) is 6.42 Å². The third-order valence-electron chi connectivity index (χ3n) is 4.20. The third kappa shape index (κ3) is 7.22. The Bertz CT molecular complexity index is 547. The van der Waals surface area contributed by atoms with Crippen LogP contribution in [0.15, 0.2) is 5.38 Å². The monoisotopic (exact) mass is 370 g/mol. The van der Waals surface area contributed by atoms with Gasteiger partial charge < -0.3 is 4.74 Å². The molecular weight excluding hydrogens is 340 g/mol. The number of aldehydes is 1. The van der Waals surface area contributed by atoms with Crippen LogP contribution in [-0.2, 0) is 14.4 Å². The molecule has 0 N–H and O–H groups in total. The Morgan fingerprint density at radius 2 is 2.08 bits per heavy atom. The first kappa shape index (κ1) is 21.7. The normalized spacial score (nSPS) is 15.2. The molecule has 0 bridgehead atoms. The number of thiazole rings is 1. The molecule has 1 heterocycles. The number of nitrogens with zero attached hydrogens (tertiary/aromatic N) is 2. The summed E-state index contributed by atoms with van der Waals surface area (Å²) in [6.45, 7) is 10.5. The first-order valence-electron chi connectivity index (χ1n) is 8.71. The molecule has 0 aromatic carbocycles. The summed E-state index contributed by atoms with van der Waals surface area (Å²) in [5, 5.41) is 4.17. The van der Waals surface area contributed by atoms with Crippen LogP contribution < -0.4 is 0 Å². The van der Waals surface area contributed by atoms with Crippen molar-refractivity contribution < 1.29 is 19.2 Å². The van der Waals surface area contributed by atoms with Crippen LogP contribution in [0.3, 0.4) is 0 Å². The molecule has 0 saturated carbocycles. The van der Waals surface area contributed by atoms with E-state index < -0.39 is 6.10 Å². The van der Waals surface area contributed by atoms with Gasteiger partial charge in [-0.15, -0.1) is 11.3 Å². The van der Waals surface area contributed by atoms with Gasteiger partial charge in [0.2, 0.25) is 0 Å². The summed E-state index contributed by atoms with van der Waals surface area (Å²) in [7, 11) is 1.91. The number of aromatic nitrogens is 1. The summed E-state index contributed by atoms with van der Waals surface area (Å²) in [4.78, 5) is 32.6. The Kier molecular flexibility index (Phi) is 9.24. The van der Waals surface area contributed by atoms with Gasteiger partial charge in [-0.2, -0.15) is 5.06 Å². The van der Waals surface area contributed by atoms with Crippen molar-refractivity contribution in [2.24, 2.45) is 11.8 Å². The van der Waals surface area contributed by atoms with Crippen molar-refractivity contribution in [2.45, 2.75) is 59.6 Å². The third-order valence-corrected chi connectivity index (χ3v) is 5.15. The second-order valence-electron chi connectivity index (χ2n) is 6.73. The zero-order chi connectivity index (χ0) is 19.0. The Labute approximate surface area is 154 Å². The Balaban J connectivity index is 2.88. The van der Waals surface area contributed by atoms with Crippen molar-refractivity contribution in [1.29, 1.82) is 0 Å². The van der Waals surface area contributed by atoms with Gasteiger partial charge in [-0.3, -0.25) is 14.4 Å². The van der Waals surface area contributed by atoms with Crippen molar-refractivity contribution in [1.82, 2.24) is 10.0 Å². The lowest BCUT2D eigenvalue weighted by Gasteiger charge is -2.33. The quantitative estimate of drug-likeness (QED) is 0.334. The standard InChI is InChI=1S/C18H30N2O4S/c1-7-13(4)10-23-20(6)16(12(2)3)8-17(24-14(5)22)18-19-15(9-21)11-25-18/h9,11-13,16-17H,7-8,10H2,1-6H3/t13-,16+,17+/m0/s1. The van der Waals surface area contributed by atoms with Gasteiger partial charge >= 0.3 is 5.97 Å². The molecular formula is C18H30N2O4S. The fraction of sp³-hybridized carbons (Fsp3) is 0.722. The van der Waals surface area contributed by atoms with E-state index in [2.05, 4.69) is 32.7 Å². The van der Waals surface area contributed by atoms with E-state index in [1.54, 1.807) is 5.38 Å². The van der Waals surface area contributed by atoms with Gasteiger partial charge in [0.15, 0.2) is 12.4 Å². The molecule has 6 nitrogen and oxygen atoms in total. The first-order chi connectivity index (χ1) is 11.8. The number of esters is 1. The average molecular weight is 371 g/mol. The summed E-state index contributed by atoms with van der Waals surface area (Å²) in [5.74, 6) is 0.415. The summed E-state index contributed by atoms with van der Waals surface area (Å²) < 4.78 is 5.48. The van der Waals surface area contributed by atoms with Crippen LogP contribution in [0.25, 0.3) is 0 Å². The van der Waals surface area contributed by atoms with Crippen LogP contribution in [-0.4, -0.2) is 42.0 Å². The predicted octanol–water partition coefficient (Wildman–Crippen LogP) is 3.88. The van der Waals surface area contributed by atoms with Crippen LogP contribution in [0, 0.1) is 11.8 Å². The van der Waals surface area contributed by atoms with E-state index in [0.29, 0.717) is 41.9 Å². The lowest BCUT2D eigenvalue weighted by atomic mass is 9.98. The molecule has 0 fully saturated rings. The minimum Gasteiger partial charge on any atom is -0.455 e. The molecule has 0 unspecified atom stereocenters. The Hall–Kier alpha value is -1.31. The van der Waals surface area contributed by atoms with E-state index in [1.165, 1.54) is 18.3 Å². The summed E-state index contributed by atoms with van der Waals surface area (Å²) in [6.07, 6.45) is 1.83. The Morgan fingerprint density at radius 3 is 2.56 bits per heavy atom. The highest BCUT2D eigenvalue weighted by Gasteiger charge is 2.28. The molecule has 1 aromatic rings. The Morgan fingerprint density at radius 1 is 1.40 bits per heavy atom. The van der Waals surface area contributed by atoms with E-state index >= 15 is 0 Å². The van der Waals surface area contributed by atoms with Crippen molar-refractivity contribution in [3.63, 3.8) is 0 Å². The summed E-state index contributed by atoms with van der Waals surface area (Å²) in [5.41, 5.74) is 0.361. The van der Waals surface area contributed by atoms with Crippen LogP contribution >= 0.6 is 11.3 Å². The number of carbonyl (C=O) groups excluding carboxylic acids is 2. The second-order valence-corrected chi connectivity index (χ2v) is 7.62. The van der Waals surface area contributed by atoms with Crippen molar-refractivity contribution >= 4 is 23.6 Å². The number of hydrogen-bond acceptors (Lipinski definition) is 7. The van der Waals surface area contributed by atoms with Gasteiger partial charge in [-0.1, -0.05) is 34.1 Å². The minimum absolute atomic E-state index is 0.0528. The fourth-order valence-corrected chi connectivity index (χ4v) is 3.22. The highest BCUT2D eigenvalue weighted by Crippen LogP contribution is 2.30. The van der Waals surface area contributed by atoms with Crippen LogP contribution in [0.4, 0.5) is 0 Å². The molecule has 0 aliphatic rings. The molecule has 25 heavy (non-hydrogen) atoms. The maximum Gasteiger partial charge on any atom is 0.303 e. The maximum atomic E-state index is 11.5. The van der Waals surface area contributed by atoms with E-state index in [1.807, 2.05) is 12.1 Å². The lowest BCUT2D eigenvalue weighted by Crippen LogP contribution is -2.38. The van der Waals surface area contributed by atoms with Gasteiger partial charge in [0.25, 0.3) is 0 Å². The van der Waals surface area contributed by atoms with Crippen LogP contribution in [0.5, 0.6) is 0 Å². The van der Waals surface area contributed by atoms with E-state index in [-0.39, 0.29) is 12.0 Å². The molecule has 1 aromatic heterocycles. The first-order valence-corrected chi connectivity index (χ1v) is 9.59. The molecule has 0 radical (unpaired) electrons. The molecule has 0 aliphatic heterocycles. The largest absolute Gasteiger partial charge is 0.455 e. The predicted molar refractivity (Wildman–Crippen MR) is 98.4 cm³/mol. The molecule has 142 valence electrons. The summed E-state index contributed by atoms with van der Waals surface area (Å²) in [6, 6.07) is 0.0528. The highest BCUT2D eigenvalue weighted by molar-refractivity contribution is 7.09. The lowest BCUT2D eigenvalue weighted by molar-refractivity contribution is -0.193. The van der Waals surface area contributed by atoms with Gasteiger partial charge in [0, 0.05) is 31.8 Å². The smallest absolute Gasteiger partial charge is 0.303 e. The van der Waals surface area contributed by atoms with Crippen LogP contribution in [0.1, 0.15) is 69.1 Å². The van der Waals surface area contributed by atoms with Crippen molar-refractivity contribution in [3.8, 4) is 0 Å². The molecule has 0 spiro atoms. The maximum absolute atomic E-state index is 11.5. The number of hydrogen-bond donors (Lipinski definition) is 0. The topological polar surface area (TPSA) is 68.7 Å². The van der Waals surface area contributed by atoms with Gasteiger partial charge in [-0.05, 0) is 11.8 Å². The number of rotatable bonds is 11. The molecule has 0 aliphatic carbocycles. The number of hydroxylamine groups is 2. The number of ether oxygens (including phenoxy) is 1. The average Bonchev–Trinajstić information content (AvgIpc) is 3.04. The van der Waals surface area contributed by atoms with E-state index in [9.17, 15) is 9.59 Å². The fourth-order valence-electron chi connectivity index (χ4n) is 2.42. The molecule has 0 amide bonds. The number of carbonyl (C=O) groups is 2. The van der Waals surface area contributed by atoms with E-state index in [4.69, 9.17) is 9.57 Å². The molecule has 3 atom stereocenters. The minimum atomic E-state index is -0.488. The zero-order valence-corrected chi connectivity index (χ0v) is 16.8. The van der Waals surface area contributed by atoms with Gasteiger partial charge in [0.05, 0.1) is 6.61 Å². The van der Waals surface area contributed by atoms with Crippen LogP contribution in [0.2, 0.25) is 0 Å². The van der Waals surface area contributed by atoms with Crippen molar-refractivity contribution in [2.75, 3.05) is 13.7 Å². The second kappa shape index (κ2) is 10.6. The molecule has 0 saturated heterocycles.